The first-order valence-electron chi connectivity index (χ1n) is 33.2. The van der Waals surface area contributed by atoms with E-state index in [0.717, 1.165) is 72.2 Å². The lowest BCUT2D eigenvalue weighted by Gasteiger charge is -2.25. The van der Waals surface area contributed by atoms with Crippen LogP contribution < -0.4 is 0 Å². The number of aryl methyl sites for hydroxylation is 6. The van der Waals surface area contributed by atoms with E-state index in [1.807, 2.05) is 0 Å². The summed E-state index contributed by atoms with van der Waals surface area (Å²) in [6, 6.07) is 67.9. The lowest BCUT2D eigenvalue weighted by molar-refractivity contribution is 0.386. The molecule has 6 heteroatoms. The Morgan fingerprint density at radius 2 is 0.444 bits per heavy atom. The van der Waals surface area contributed by atoms with Gasteiger partial charge >= 0.3 is 0 Å². The highest BCUT2D eigenvalue weighted by molar-refractivity contribution is 5.87. The molecular formula is C84H84N6. The fourth-order valence-corrected chi connectivity index (χ4v) is 14.3. The average Bonchev–Trinajstić information content (AvgIpc) is 1.19. The van der Waals surface area contributed by atoms with Gasteiger partial charge in [-0.1, -0.05) is 196 Å². The molecule has 0 unspecified atom stereocenters. The summed E-state index contributed by atoms with van der Waals surface area (Å²) in [7, 11) is 0. The zero-order valence-electron chi connectivity index (χ0n) is 53.4. The molecule has 3 saturated carbocycles. The van der Waals surface area contributed by atoms with Crippen LogP contribution in [0.2, 0.25) is 0 Å². The van der Waals surface area contributed by atoms with Gasteiger partial charge in [0, 0.05) is 49.1 Å². The lowest BCUT2D eigenvalue weighted by Crippen LogP contribution is -2.27. The van der Waals surface area contributed by atoms with Crippen molar-refractivity contribution in [1.29, 1.82) is 0 Å². The quantitative estimate of drug-likeness (QED) is 0.145. The summed E-state index contributed by atoms with van der Waals surface area (Å²) in [4.78, 5) is 30.9. The van der Waals surface area contributed by atoms with Crippen molar-refractivity contribution >= 4 is 48.7 Å². The zero-order valence-corrected chi connectivity index (χ0v) is 53.4. The third-order valence-electron chi connectivity index (χ3n) is 19.7. The number of rotatable bonds is 0. The second-order valence-electron chi connectivity index (χ2n) is 26.1. The highest BCUT2D eigenvalue weighted by Crippen LogP contribution is 2.38. The fraction of sp³-hybridized carbons (Fsp3) is 0.286. The fourth-order valence-electron chi connectivity index (χ4n) is 14.3. The lowest BCUT2D eigenvalue weighted by atomic mass is 9.80. The molecule has 0 spiro atoms. The Bertz CT molecular complexity index is 3470. The molecule has 0 aromatic heterocycles. The van der Waals surface area contributed by atoms with Gasteiger partial charge in [0.25, 0.3) is 0 Å². The van der Waals surface area contributed by atoms with Crippen molar-refractivity contribution < 1.29 is 0 Å². The molecule has 24 aliphatic rings. The number of nitrogens with zero attached hydrogens (tertiary/aromatic N) is 6. The van der Waals surface area contributed by atoms with Crippen LogP contribution in [-0.2, 0) is 0 Å². The molecule has 21 heterocycles. The number of benzene rings is 9. The van der Waals surface area contributed by atoms with E-state index in [1.165, 1.54) is 139 Å². The van der Waals surface area contributed by atoms with Gasteiger partial charge in [-0.15, -0.1) is 0 Å². The Kier molecular flexibility index (Phi) is 18.2. The minimum Gasteiger partial charge on any atom is -0.287 e. The van der Waals surface area contributed by atoms with E-state index >= 15 is 0 Å². The first-order valence-corrected chi connectivity index (χ1v) is 33.2. The van der Waals surface area contributed by atoms with Crippen LogP contribution in [0.4, 0.5) is 11.4 Å². The molecule has 3 fully saturated rings. The van der Waals surface area contributed by atoms with Gasteiger partial charge in [-0.25, -0.2) is 0 Å². The summed E-state index contributed by atoms with van der Waals surface area (Å²) in [5.74, 6) is 0.710. The van der Waals surface area contributed by atoms with E-state index in [-0.39, 0.29) is 24.2 Å². The van der Waals surface area contributed by atoms with E-state index < -0.39 is 0 Å². The Morgan fingerprint density at radius 1 is 0.244 bits per heavy atom. The Morgan fingerprint density at radius 3 is 0.667 bits per heavy atom. The zero-order chi connectivity index (χ0) is 61.5. The molecule has 33 rings (SSSR count). The molecule has 3 aliphatic carbocycles. The summed E-state index contributed by atoms with van der Waals surface area (Å²) in [6.07, 6.45) is 26.3. The maximum Gasteiger partial charge on any atom is 0.0723 e. The maximum atomic E-state index is 5.19. The highest BCUT2D eigenvalue weighted by atomic mass is 14.9. The third-order valence-corrected chi connectivity index (χ3v) is 19.7. The van der Waals surface area contributed by atoms with E-state index in [0.29, 0.717) is 11.8 Å². The summed E-state index contributed by atoms with van der Waals surface area (Å²) < 4.78 is 0. The van der Waals surface area contributed by atoms with Crippen LogP contribution in [0, 0.1) is 53.4 Å². The first-order chi connectivity index (χ1) is 44.0. The van der Waals surface area contributed by atoms with E-state index in [9.17, 15) is 0 Å². The third kappa shape index (κ3) is 13.9. The van der Waals surface area contributed by atoms with Gasteiger partial charge in [0.1, 0.15) is 0 Å². The number of hydrogen-bond donors (Lipinski definition) is 0. The minimum atomic E-state index is 0.167. The van der Waals surface area contributed by atoms with Crippen molar-refractivity contribution in [1.82, 2.24) is 0 Å². The van der Waals surface area contributed by atoms with Crippen LogP contribution in [0.3, 0.4) is 0 Å². The molecule has 0 radical (unpaired) electrons. The van der Waals surface area contributed by atoms with E-state index in [4.69, 9.17) is 30.0 Å². The van der Waals surface area contributed by atoms with Gasteiger partial charge in [0.15, 0.2) is 0 Å². The molecule has 0 amide bonds. The van der Waals surface area contributed by atoms with Gasteiger partial charge in [-0.2, -0.15) is 0 Å². The van der Waals surface area contributed by atoms with Gasteiger partial charge in [0.2, 0.25) is 0 Å². The van der Waals surface area contributed by atoms with Crippen LogP contribution in [0.15, 0.2) is 212 Å². The first kappa shape index (κ1) is 59.9. The molecule has 21 aliphatic heterocycles. The molecule has 6 atom stereocenters. The van der Waals surface area contributed by atoms with Crippen molar-refractivity contribution in [2.75, 3.05) is 0 Å². The topological polar surface area (TPSA) is 74.2 Å². The number of hydrogen-bond acceptors (Lipinski definition) is 6. The predicted molar refractivity (Wildman–Crippen MR) is 385 cm³/mol. The van der Waals surface area contributed by atoms with Crippen molar-refractivity contribution in [3.63, 3.8) is 0 Å². The van der Waals surface area contributed by atoms with Gasteiger partial charge in [-0.05, 0) is 227 Å². The Labute approximate surface area is 534 Å². The second-order valence-corrected chi connectivity index (χ2v) is 26.1. The Balaban J connectivity index is 0.754. The molecule has 6 nitrogen and oxygen atoms in total. The molecular weight excluding hydrogens is 1090 g/mol. The molecule has 9 aromatic carbocycles. The minimum absolute atomic E-state index is 0.167. The van der Waals surface area contributed by atoms with Crippen molar-refractivity contribution in [2.24, 2.45) is 41.8 Å². The average molecular weight is 1180 g/mol. The van der Waals surface area contributed by atoms with Crippen molar-refractivity contribution in [2.45, 2.75) is 143 Å². The molecule has 450 valence electrons. The molecule has 90 heavy (non-hydrogen) atoms. The smallest absolute Gasteiger partial charge is 0.0723 e. The molecule has 9 aromatic rings. The van der Waals surface area contributed by atoms with E-state index in [1.54, 1.807) is 0 Å². The van der Waals surface area contributed by atoms with Crippen LogP contribution in [0.25, 0.3) is 66.8 Å². The van der Waals surface area contributed by atoms with Gasteiger partial charge in [0.05, 0.1) is 35.5 Å². The van der Waals surface area contributed by atoms with Crippen LogP contribution in [0.5, 0.6) is 0 Å². The van der Waals surface area contributed by atoms with Gasteiger partial charge < -0.3 is 0 Å². The molecule has 18 bridgehead atoms. The molecule has 0 N–H and O–H groups in total. The standard InChI is InChI=1S/C84H84N6/c1-55-43-76-56(2)44-75(55)65-27-19-61(20-28-65)49-87-81-15-9-11-17-83(81)89-51-63-23-31-67(32-24-63)77-45-59(5)79(47-57(77)3)69-35-39-73(40-36-69)85-53-71-13-7-8-14-72(71)54-86-74-41-37-70(38-42-74)80-48-58(4)78(46-60(80)6)68-33-25-64(26-34-68)52-90-84-18-12-10-16-82(84)88-50-62-21-29-66(76)30-22-62/h19-54,71-72,81-84H,7-18H2,1-6H3/t71-,72-,81+,82+,83+,84+/m0/s1. The highest BCUT2D eigenvalue weighted by Gasteiger charge is 2.26. The maximum absolute atomic E-state index is 5.19. The molecule has 0 saturated heterocycles. The van der Waals surface area contributed by atoms with Crippen LogP contribution >= 0.6 is 0 Å². The Hall–Kier alpha value is -9.00. The second kappa shape index (κ2) is 27.4. The van der Waals surface area contributed by atoms with Crippen LogP contribution in [0.1, 0.15) is 133 Å². The normalized spacial score (nSPS) is 20.2. The SMILES string of the molecule is Cc1cc2c(C)cc1-c1ccc(cc1)C=N[C@@H]1CCCC[C@H]1N=Cc1ccc(cc1)-c1cc(C)c(cc1C)-c1ccc(cc1)N=C[C@@H]1CCCC[C@H]1C=Nc1ccc(cc1)-c1cc(C)c(cc1C)-c1ccc(cc1)C=N[C@@H]1CCCC[C@H]1N=Cc1ccc-2cc1. The monoisotopic (exact) mass is 1180 g/mol. The summed E-state index contributed by atoms with van der Waals surface area (Å²) in [5.41, 5.74) is 28.8. The van der Waals surface area contributed by atoms with Crippen molar-refractivity contribution in [3.05, 3.63) is 238 Å². The van der Waals surface area contributed by atoms with Crippen LogP contribution in [-0.4, -0.2) is 61.5 Å². The number of aliphatic imine (C=N–C) groups is 6. The summed E-state index contributed by atoms with van der Waals surface area (Å²) in [5, 5.41) is 0. The van der Waals surface area contributed by atoms with Crippen molar-refractivity contribution in [3.8, 4) is 66.8 Å². The van der Waals surface area contributed by atoms with Gasteiger partial charge in [-0.3, -0.25) is 30.0 Å². The largest absolute Gasteiger partial charge is 0.287 e. The van der Waals surface area contributed by atoms with E-state index in [2.05, 4.69) is 261 Å². The summed E-state index contributed by atoms with van der Waals surface area (Å²) in [6.45, 7) is 13.4. The summed E-state index contributed by atoms with van der Waals surface area (Å²) >= 11 is 0. The predicted octanol–water partition coefficient (Wildman–Crippen LogP) is 21.5.